The van der Waals surface area contributed by atoms with Gasteiger partial charge in [0.25, 0.3) is 0 Å². The maximum Gasteiger partial charge on any atom is 0.407 e. The van der Waals surface area contributed by atoms with E-state index < -0.39 is 6.09 Å². The highest BCUT2D eigenvalue weighted by atomic mass is 32.1. The Bertz CT molecular complexity index is 546. The summed E-state index contributed by atoms with van der Waals surface area (Å²) in [6.45, 7) is 3.52. The number of hydrogen-bond donors (Lipinski definition) is 3. The predicted octanol–water partition coefficient (Wildman–Crippen LogP) is 1.75. The molecule has 0 radical (unpaired) electrons. The van der Waals surface area contributed by atoms with Crippen LogP contribution < -0.4 is 11.2 Å². The molecular formula is C13H17FN4O2S. The van der Waals surface area contributed by atoms with Crippen molar-refractivity contribution >= 4 is 29.1 Å². The lowest BCUT2D eigenvalue weighted by Crippen LogP contribution is -2.40. The van der Waals surface area contributed by atoms with E-state index in [1.807, 2.05) is 0 Å². The van der Waals surface area contributed by atoms with E-state index in [4.69, 9.17) is 5.73 Å². The standard InChI is InChI=1S/C13H17FN4O2S/c1-8(2)18(13(19)20)7-11(16-17-12(15)21)9-3-5-10(14)6-4-9/h3-6,8H,7H2,1-2H3,(H,19,20)(H3,15,17,21). The Morgan fingerprint density at radius 3 is 2.48 bits per heavy atom. The lowest BCUT2D eigenvalue weighted by atomic mass is 10.1. The van der Waals surface area contributed by atoms with Gasteiger partial charge >= 0.3 is 6.09 Å². The largest absolute Gasteiger partial charge is 0.465 e. The SMILES string of the molecule is CC(C)N(CC(=NNC(N)=S)c1ccc(F)cc1)C(=O)O. The van der Waals surface area contributed by atoms with Crippen LogP contribution in [0.3, 0.4) is 0 Å². The van der Waals surface area contributed by atoms with Crippen molar-refractivity contribution in [2.24, 2.45) is 10.8 Å². The lowest BCUT2D eigenvalue weighted by molar-refractivity contribution is 0.140. The van der Waals surface area contributed by atoms with Gasteiger partial charge in [0.1, 0.15) is 5.82 Å². The molecule has 0 spiro atoms. The van der Waals surface area contributed by atoms with Gasteiger partial charge in [0.15, 0.2) is 5.11 Å². The molecule has 0 fully saturated rings. The Kier molecular flexibility index (Phi) is 6.04. The lowest BCUT2D eigenvalue weighted by Gasteiger charge is -2.24. The van der Waals surface area contributed by atoms with E-state index >= 15 is 0 Å². The molecule has 0 saturated carbocycles. The van der Waals surface area contributed by atoms with E-state index in [0.29, 0.717) is 11.3 Å². The molecule has 0 unspecified atom stereocenters. The Labute approximate surface area is 127 Å². The van der Waals surface area contributed by atoms with Gasteiger partial charge in [0, 0.05) is 6.04 Å². The zero-order chi connectivity index (χ0) is 16.0. The minimum atomic E-state index is -1.07. The fraction of sp³-hybridized carbons (Fsp3) is 0.308. The van der Waals surface area contributed by atoms with Gasteiger partial charge in [-0.1, -0.05) is 12.1 Å². The van der Waals surface area contributed by atoms with Gasteiger partial charge in [-0.3, -0.25) is 10.3 Å². The Hall–Kier alpha value is -2.22. The third-order valence-corrected chi connectivity index (χ3v) is 2.76. The van der Waals surface area contributed by atoms with Gasteiger partial charge in [-0.2, -0.15) is 5.10 Å². The van der Waals surface area contributed by atoms with E-state index in [9.17, 15) is 14.3 Å². The van der Waals surface area contributed by atoms with Crippen LogP contribution in [0.4, 0.5) is 9.18 Å². The predicted molar refractivity (Wildman–Crippen MR) is 82.7 cm³/mol. The van der Waals surface area contributed by atoms with Crippen molar-refractivity contribution in [1.29, 1.82) is 0 Å². The number of nitrogens with two attached hydrogens (primary N) is 1. The van der Waals surface area contributed by atoms with Crippen LogP contribution >= 0.6 is 12.2 Å². The molecule has 0 bridgehead atoms. The number of hydrogen-bond acceptors (Lipinski definition) is 3. The van der Waals surface area contributed by atoms with Crippen molar-refractivity contribution in [2.45, 2.75) is 19.9 Å². The van der Waals surface area contributed by atoms with Crippen LogP contribution in [0.15, 0.2) is 29.4 Å². The van der Waals surface area contributed by atoms with Crippen LogP contribution in [0.25, 0.3) is 0 Å². The Morgan fingerprint density at radius 2 is 2.05 bits per heavy atom. The summed E-state index contributed by atoms with van der Waals surface area (Å²) in [6, 6.07) is 5.32. The van der Waals surface area contributed by atoms with Crippen LogP contribution in [0.1, 0.15) is 19.4 Å². The summed E-state index contributed by atoms with van der Waals surface area (Å²) >= 11 is 4.67. The molecule has 21 heavy (non-hydrogen) atoms. The first-order valence-corrected chi connectivity index (χ1v) is 6.59. The maximum atomic E-state index is 13.0. The van der Waals surface area contributed by atoms with Crippen molar-refractivity contribution in [1.82, 2.24) is 10.3 Å². The molecule has 1 amide bonds. The minimum absolute atomic E-state index is 0.0221. The first-order valence-electron chi connectivity index (χ1n) is 6.18. The first kappa shape index (κ1) is 16.8. The number of thiocarbonyl (C=S) groups is 1. The monoisotopic (exact) mass is 312 g/mol. The minimum Gasteiger partial charge on any atom is -0.465 e. The molecule has 1 aromatic rings. The highest BCUT2D eigenvalue weighted by Gasteiger charge is 2.19. The average molecular weight is 312 g/mol. The summed E-state index contributed by atoms with van der Waals surface area (Å²) < 4.78 is 13.0. The molecule has 0 atom stereocenters. The van der Waals surface area contributed by atoms with Crippen molar-refractivity contribution < 1.29 is 14.3 Å². The number of rotatable bonds is 5. The number of hydrazone groups is 1. The van der Waals surface area contributed by atoms with E-state index in [0.717, 1.165) is 0 Å². The Morgan fingerprint density at radius 1 is 1.48 bits per heavy atom. The maximum absolute atomic E-state index is 13.0. The molecule has 1 rings (SSSR count). The molecule has 114 valence electrons. The van der Waals surface area contributed by atoms with E-state index in [2.05, 4.69) is 22.7 Å². The third-order valence-electron chi connectivity index (χ3n) is 2.67. The number of carbonyl (C=O) groups is 1. The zero-order valence-electron chi connectivity index (χ0n) is 11.7. The Balaban J connectivity index is 3.07. The summed E-state index contributed by atoms with van der Waals surface area (Å²) in [5.74, 6) is -0.389. The van der Waals surface area contributed by atoms with Crippen LogP contribution in [0.2, 0.25) is 0 Å². The molecule has 6 nitrogen and oxygen atoms in total. The summed E-state index contributed by atoms with van der Waals surface area (Å²) in [6.07, 6.45) is -1.07. The fourth-order valence-corrected chi connectivity index (χ4v) is 1.63. The van der Waals surface area contributed by atoms with Gasteiger partial charge in [0.05, 0.1) is 12.3 Å². The number of amides is 1. The number of nitrogens with zero attached hydrogens (tertiary/aromatic N) is 2. The van der Waals surface area contributed by atoms with Gasteiger partial charge in [-0.05, 0) is 43.8 Å². The molecule has 0 saturated heterocycles. The normalized spacial score (nSPS) is 11.3. The topological polar surface area (TPSA) is 91.0 Å². The molecule has 0 aromatic heterocycles. The summed E-state index contributed by atoms with van der Waals surface area (Å²) in [5, 5.41) is 13.2. The van der Waals surface area contributed by atoms with Gasteiger partial charge in [-0.15, -0.1) is 0 Å². The van der Waals surface area contributed by atoms with Crippen molar-refractivity contribution in [2.75, 3.05) is 6.54 Å². The van der Waals surface area contributed by atoms with Gasteiger partial charge in [0.2, 0.25) is 0 Å². The first-order chi connectivity index (χ1) is 9.81. The fourth-order valence-electron chi connectivity index (χ4n) is 1.59. The third kappa shape index (κ3) is 5.35. The molecular weight excluding hydrogens is 295 g/mol. The summed E-state index contributed by atoms with van der Waals surface area (Å²) in [7, 11) is 0. The highest BCUT2D eigenvalue weighted by Crippen LogP contribution is 2.08. The van der Waals surface area contributed by atoms with Crippen LogP contribution in [0.5, 0.6) is 0 Å². The van der Waals surface area contributed by atoms with Crippen LogP contribution in [0, 0.1) is 5.82 Å². The quantitative estimate of drug-likeness (QED) is 0.438. The highest BCUT2D eigenvalue weighted by molar-refractivity contribution is 7.80. The second-order valence-electron chi connectivity index (χ2n) is 4.55. The van der Waals surface area contributed by atoms with Crippen LogP contribution in [-0.4, -0.2) is 39.5 Å². The average Bonchev–Trinajstić information content (AvgIpc) is 2.39. The van der Waals surface area contributed by atoms with Crippen molar-refractivity contribution in [3.63, 3.8) is 0 Å². The second kappa shape index (κ2) is 7.53. The molecule has 0 aliphatic rings. The van der Waals surface area contributed by atoms with E-state index in [1.54, 1.807) is 13.8 Å². The zero-order valence-corrected chi connectivity index (χ0v) is 12.5. The summed E-state index contributed by atoms with van der Waals surface area (Å²) in [5.41, 5.74) is 8.71. The molecule has 0 aliphatic heterocycles. The second-order valence-corrected chi connectivity index (χ2v) is 4.99. The van der Waals surface area contributed by atoms with Crippen LogP contribution in [-0.2, 0) is 0 Å². The van der Waals surface area contributed by atoms with E-state index in [1.165, 1.54) is 29.2 Å². The summed E-state index contributed by atoms with van der Waals surface area (Å²) in [4.78, 5) is 12.4. The molecule has 8 heteroatoms. The molecule has 0 heterocycles. The van der Waals surface area contributed by atoms with Gasteiger partial charge < -0.3 is 10.8 Å². The van der Waals surface area contributed by atoms with E-state index in [-0.39, 0.29) is 23.5 Å². The van der Waals surface area contributed by atoms with Crippen molar-refractivity contribution in [3.8, 4) is 0 Å². The molecule has 0 aliphatic carbocycles. The van der Waals surface area contributed by atoms with Gasteiger partial charge in [-0.25, -0.2) is 9.18 Å². The number of benzene rings is 1. The molecule has 4 N–H and O–H groups in total. The number of halogens is 1. The smallest absolute Gasteiger partial charge is 0.407 e. The number of nitrogens with one attached hydrogen (secondary N) is 1. The molecule has 1 aromatic carbocycles. The number of carboxylic acid groups (broad SMARTS) is 1. The van der Waals surface area contributed by atoms with Crippen molar-refractivity contribution in [3.05, 3.63) is 35.6 Å².